The van der Waals surface area contributed by atoms with Gasteiger partial charge < -0.3 is 19.2 Å². The zero-order valence-electron chi connectivity index (χ0n) is 12.3. The number of hydrogen-bond acceptors (Lipinski definition) is 4. The third-order valence-corrected chi connectivity index (χ3v) is 3.91. The Morgan fingerprint density at radius 1 is 1.40 bits per heavy atom. The van der Waals surface area contributed by atoms with E-state index in [-0.39, 0.29) is 5.41 Å². The average Bonchev–Trinajstić information content (AvgIpc) is 2.48. The first-order valence-electron chi connectivity index (χ1n) is 7.03. The summed E-state index contributed by atoms with van der Waals surface area (Å²) in [5.41, 5.74) is 0.950. The van der Waals surface area contributed by atoms with E-state index < -0.39 is 0 Å². The van der Waals surface area contributed by atoms with Crippen molar-refractivity contribution in [2.24, 2.45) is 5.41 Å². The Hall–Kier alpha value is -1.39. The molecule has 0 radical (unpaired) electrons. The minimum Gasteiger partial charge on any atom is -0.497 e. The fourth-order valence-corrected chi connectivity index (χ4v) is 2.77. The molecule has 1 aromatic carbocycles. The summed E-state index contributed by atoms with van der Waals surface area (Å²) in [7, 11) is 3.73. The first-order chi connectivity index (χ1) is 9.67. The van der Waals surface area contributed by atoms with E-state index in [2.05, 4.69) is 18.0 Å². The van der Waals surface area contributed by atoms with Gasteiger partial charge in [-0.25, -0.2) is 0 Å². The molecular formula is C16H23NO3. The van der Waals surface area contributed by atoms with Gasteiger partial charge in [-0.05, 0) is 37.6 Å². The van der Waals surface area contributed by atoms with Crippen LogP contribution in [0.2, 0.25) is 0 Å². The van der Waals surface area contributed by atoms with Crippen LogP contribution in [0.4, 0.5) is 0 Å². The van der Waals surface area contributed by atoms with E-state index in [0.717, 1.165) is 38.0 Å². The summed E-state index contributed by atoms with van der Waals surface area (Å²) in [6.07, 6.45) is 2.76. The maximum atomic E-state index is 11.5. The molecule has 1 saturated heterocycles. The predicted octanol–water partition coefficient (Wildman–Crippen LogP) is 2.12. The summed E-state index contributed by atoms with van der Waals surface area (Å²) < 4.78 is 10.6. The number of methoxy groups -OCH3 is 1. The van der Waals surface area contributed by atoms with Crippen molar-refractivity contribution in [3.05, 3.63) is 29.8 Å². The zero-order chi connectivity index (χ0) is 14.4. The van der Waals surface area contributed by atoms with E-state index in [1.54, 1.807) is 7.11 Å². The Kier molecular flexibility index (Phi) is 5.15. The van der Waals surface area contributed by atoms with E-state index in [1.165, 1.54) is 5.56 Å². The van der Waals surface area contributed by atoms with Crippen LogP contribution in [0.5, 0.6) is 5.75 Å². The van der Waals surface area contributed by atoms with Crippen LogP contribution in [0, 0.1) is 5.41 Å². The average molecular weight is 277 g/mol. The molecule has 4 heteroatoms. The van der Waals surface area contributed by atoms with Crippen molar-refractivity contribution < 1.29 is 14.3 Å². The van der Waals surface area contributed by atoms with Crippen LogP contribution in [0.15, 0.2) is 24.3 Å². The Morgan fingerprint density at radius 2 is 2.15 bits per heavy atom. The van der Waals surface area contributed by atoms with Gasteiger partial charge in [0.15, 0.2) is 0 Å². The molecule has 20 heavy (non-hydrogen) atoms. The molecule has 0 aliphatic carbocycles. The van der Waals surface area contributed by atoms with Crippen molar-refractivity contribution >= 4 is 6.29 Å². The van der Waals surface area contributed by atoms with Gasteiger partial charge in [0.05, 0.1) is 7.11 Å². The lowest BCUT2D eigenvalue weighted by atomic mass is 9.81. The summed E-state index contributed by atoms with van der Waals surface area (Å²) in [5.74, 6) is 0.868. The summed E-state index contributed by atoms with van der Waals surface area (Å²) in [6.45, 7) is 2.96. The van der Waals surface area contributed by atoms with Crippen molar-refractivity contribution in [2.45, 2.75) is 19.4 Å². The number of aldehydes is 1. The molecule has 1 aliphatic heterocycles. The van der Waals surface area contributed by atoms with E-state index in [0.29, 0.717) is 13.2 Å². The molecule has 0 aromatic heterocycles. The predicted molar refractivity (Wildman–Crippen MR) is 77.9 cm³/mol. The van der Waals surface area contributed by atoms with Crippen molar-refractivity contribution in [1.29, 1.82) is 0 Å². The number of carbonyl (C=O) groups excluding carboxylic acids is 1. The summed E-state index contributed by atoms with van der Waals surface area (Å²) >= 11 is 0. The van der Waals surface area contributed by atoms with Gasteiger partial charge in [0, 0.05) is 31.7 Å². The molecule has 0 saturated carbocycles. The Morgan fingerprint density at radius 3 is 2.80 bits per heavy atom. The molecule has 2 rings (SSSR count). The highest BCUT2D eigenvalue weighted by molar-refractivity contribution is 5.60. The summed E-state index contributed by atoms with van der Waals surface area (Å²) in [6, 6.07) is 8.05. The first kappa shape index (κ1) is 15.0. The molecule has 0 unspecified atom stereocenters. The first-order valence-corrected chi connectivity index (χ1v) is 7.03. The minimum absolute atomic E-state index is 0.244. The third kappa shape index (κ3) is 3.81. The van der Waals surface area contributed by atoms with Crippen molar-refractivity contribution in [3.63, 3.8) is 0 Å². The van der Waals surface area contributed by atoms with Gasteiger partial charge in [-0.3, -0.25) is 0 Å². The fraction of sp³-hybridized carbons (Fsp3) is 0.562. The molecule has 1 aromatic rings. The van der Waals surface area contributed by atoms with Crippen molar-refractivity contribution in [3.8, 4) is 5.75 Å². The lowest BCUT2D eigenvalue weighted by Gasteiger charge is -2.35. The van der Waals surface area contributed by atoms with E-state index in [9.17, 15) is 4.79 Å². The van der Waals surface area contributed by atoms with Crippen LogP contribution in [0.3, 0.4) is 0 Å². The molecule has 110 valence electrons. The van der Waals surface area contributed by atoms with E-state index in [1.807, 2.05) is 18.2 Å². The van der Waals surface area contributed by atoms with Crippen LogP contribution in [0.25, 0.3) is 0 Å². The highest BCUT2D eigenvalue weighted by atomic mass is 16.5. The minimum atomic E-state index is -0.244. The third-order valence-electron chi connectivity index (χ3n) is 3.91. The molecule has 0 N–H and O–H groups in total. The quantitative estimate of drug-likeness (QED) is 0.747. The second kappa shape index (κ2) is 6.86. The highest BCUT2D eigenvalue weighted by Crippen LogP contribution is 2.29. The number of nitrogens with zero attached hydrogens (tertiary/aromatic N) is 1. The molecule has 1 aliphatic rings. The largest absolute Gasteiger partial charge is 0.497 e. The standard InChI is InChI=1S/C16H23NO3/c1-17(11-14-4-3-5-15(10-14)19-2)12-16(13-18)6-8-20-9-7-16/h3-5,10,13H,6-9,11-12H2,1-2H3. The number of benzene rings is 1. The van der Waals surface area contributed by atoms with Gasteiger partial charge in [0.1, 0.15) is 12.0 Å². The molecule has 4 nitrogen and oxygen atoms in total. The topological polar surface area (TPSA) is 38.8 Å². The van der Waals surface area contributed by atoms with Gasteiger partial charge in [0.25, 0.3) is 0 Å². The maximum absolute atomic E-state index is 11.5. The normalized spacial score (nSPS) is 17.9. The van der Waals surface area contributed by atoms with Gasteiger partial charge in [-0.1, -0.05) is 12.1 Å². The number of hydrogen-bond donors (Lipinski definition) is 0. The zero-order valence-corrected chi connectivity index (χ0v) is 12.3. The second-order valence-corrected chi connectivity index (χ2v) is 5.62. The van der Waals surface area contributed by atoms with Gasteiger partial charge in [-0.15, -0.1) is 0 Å². The smallest absolute Gasteiger partial charge is 0.127 e. The highest BCUT2D eigenvalue weighted by Gasteiger charge is 2.33. The Bertz CT molecular complexity index is 441. The van der Waals surface area contributed by atoms with Gasteiger partial charge in [0.2, 0.25) is 0 Å². The van der Waals surface area contributed by atoms with Crippen LogP contribution >= 0.6 is 0 Å². The van der Waals surface area contributed by atoms with Gasteiger partial charge >= 0.3 is 0 Å². The SMILES string of the molecule is COc1cccc(CN(C)CC2(C=O)CCOCC2)c1. The van der Waals surface area contributed by atoms with Crippen LogP contribution in [-0.2, 0) is 16.1 Å². The number of carbonyl (C=O) groups is 1. The summed E-state index contributed by atoms with van der Waals surface area (Å²) in [4.78, 5) is 13.7. The fourth-order valence-electron chi connectivity index (χ4n) is 2.77. The molecule has 0 amide bonds. The molecular weight excluding hydrogens is 254 g/mol. The van der Waals surface area contributed by atoms with Crippen LogP contribution < -0.4 is 4.74 Å². The van der Waals surface area contributed by atoms with E-state index in [4.69, 9.17) is 9.47 Å². The second-order valence-electron chi connectivity index (χ2n) is 5.62. The monoisotopic (exact) mass is 277 g/mol. The van der Waals surface area contributed by atoms with Gasteiger partial charge in [-0.2, -0.15) is 0 Å². The lowest BCUT2D eigenvalue weighted by molar-refractivity contribution is -0.122. The molecule has 0 bridgehead atoms. The van der Waals surface area contributed by atoms with Crippen LogP contribution in [0.1, 0.15) is 18.4 Å². The van der Waals surface area contributed by atoms with Crippen LogP contribution in [-0.4, -0.2) is 45.1 Å². The molecule has 1 heterocycles. The lowest BCUT2D eigenvalue weighted by Crippen LogP contribution is -2.41. The maximum Gasteiger partial charge on any atom is 0.127 e. The Balaban J connectivity index is 1.96. The van der Waals surface area contributed by atoms with E-state index >= 15 is 0 Å². The molecule has 0 atom stereocenters. The Labute approximate surface area is 120 Å². The number of ether oxygens (including phenoxy) is 2. The summed E-state index contributed by atoms with van der Waals surface area (Å²) in [5, 5.41) is 0. The van der Waals surface area contributed by atoms with Crippen molar-refractivity contribution in [1.82, 2.24) is 4.90 Å². The molecule has 1 fully saturated rings. The van der Waals surface area contributed by atoms with Crippen molar-refractivity contribution in [2.75, 3.05) is 33.9 Å². The molecule has 0 spiro atoms. The number of rotatable bonds is 6.